The first-order chi connectivity index (χ1) is 12.0. The predicted octanol–water partition coefficient (Wildman–Crippen LogP) is 1.58. The number of benzene rings is 1. The van der Waals surface area contributed by atoms with E-state index in [1.165, 1.54) is 17.5 Å². The summed E-state index contributed by atoms with van der Waals surface area (Å²) in [7, 11) is -3.99. The molecule has 0 spiro atoms. The number of hydrogen-bond acceptors (Lipinski definition) is 5. The van der Waals surface area contributed by atoms with Gasteiger partial charge in [-0.3, -0.25) is 0 Å². The van der Waals surface area contributed by atoms with E-state index >= 15 is 0 Å². The topological polar surface area (TPSA) is 101 Å². The first-order valence-corrected chi connectivity index (χ1v) is 9.78. The van der Waals surface area contributed by atoms with Gasteiger partial charge in [0, 0.05) is 57.1 Å². The van der Waals surface area contributed by atoms with Crippen LogP contribution in [0.1, 0.15) is 35.1 Å². The van der Waals surface area contributed by atoms with Gasteiger partial charge in [-0.1, -0.05) is 6.07 Å². The molecule has 7 nitrogen and oxygen atoms in total. The van der Waals surface area contributed by atoms with Crippen molar-refractivity contribution in [1.29, 1.82) is 0 Å². The Kier molecular flexibility index (Phi) is 6.15. The zero-order valence-corrected chi connectivity index (χ0v) is 18.5. The molecule has 0 aliphatic heterocycles. The van der Waals surface area contributed by atoms with Crippen LogP contribution in [0.2, 0.25) is 0 Å². The maximum atomic E-state index is 12.4. The molecule has 0 unspecified atom stereocenters. The quantitative estimate of drug-likeness (QED) is 0.766. The molecule has 0 saturated carbocycles. The summed E-state index contributed by atoms with van der Waals surface area (Å²) in [6.45, 7) is 0. The van der Waals surface area contributed by atoms with Gasteiger partial charge in [0.1, 0.15) is 11.2 Å². The Morgan fingerprint density at radius 2 is 1.54 bits per heavy atom. The van der Waals surface area contributed by atoms with Gasteiger partial charge >= 0.3 is 6.03 Å². The number of aryl methyl sites for hydroxylation is 2. The van der Waals surface area contributed by atoms with Crippen LogP contribution in [0.15, 0.2) is 29.7 Å². The molecular formula is C17H18KN4O3S. The number of sulfonamides is 1. The van der Waals surface area contributed by atoms with E-state index in [0.717, 1.165) is 67.7 Å². The number of rotatable bonds is 3. The molecule has 0 fully saturated rings. The predicted molar refractivity (Wildman–Crippen MR) is 97.6 cm³/mol. The van der Waals surface area contributed by atoms with E-state index in [4.69, 9.17) is 0 Å². The second kappa shape index (κ2) is 8.03. The van der Waals surface area contributed by atoms with Gasteiger partial charge in [0.05, 0.1) is 12.4 Å². The van der Waals surface area contributed by atoms with E-state index in [9.17, 15) is 13.2 Å². The van der Waals surface area contributed by atoms with Crippen LogP contribution < -0.4 is 10.0 Å². The van der Waals surface area contributed by atoms with E-state index in [-0.39, 0.29) is 56.3 Å². The summed E-state index contributed by atoms with van der Waals surface area (Å²) in [6.07, 6.45) is 9.52. The SMILES string of the molecule is O=C(Nc1c2c(cc3c1CCC3)CCC2)NS(=O)(=O)c1cncnc1.[K]. The smallest absolute Gasteiger partial charge is 0.307 e. The molecule has 9 heteroatoms. The molecule has 2 aliphatic rings. The molecule has 0 bridgehead atoms. The average molecular weight is 398 g/mol. The van der Waals surface area contributed by atoms with Crippen molar-refractivity contribution >= 4 is 73.1 Å². The summed E-state index contributed by atoms with van der Waals surface area (Å²) in [5.74, 6) is 0. The van der Waals surface area contributed by atoms with Crippen LogP contribution in [0.25, 0.3) is 0 Å². The van der Waals surface area contributed by atoms with Gasteiger partial charge in [-0.2, -0.15) is 0 Å². The number of aromatic nitrogens is 2. The van der Waals surface area contributed by atoms with E-state index < -0.39 is 16.1 Å². The van der Waals surface area contributed by atoms with Crippen molar-refractivity contribution in [3.63, 3.8) is 0 Å². The zero-order valence-electron chi connectivity index (χ0n) is 14.6. The molecule has 1 heterocycles. The van der Waals surface area contributed by atoms with E-state index in [2.05, 4.69) is 21.4 Å². The molecule has 26 heavy (non-hydrogen) atoms. The van der Waals surface area contributed by atoms with Gasteiger partial charge in [0.25, 0.3) is 10.0 Å². The summed E-state index contributed by atoms with van der Waals surface area (Å²) >= 11 is 0. The van der Waals surface area contributed by atoms with Crippen LogP contribution in [-0.4, -0.2) is 75.8 Å². The van der Waals surface area contributed by atoms with Gasteiger partial charge in [0.2, 0.25) is 0 Å². The van der Waals surface area contributed by atoms with Crippen LogP contribution in [0.5, 0.6) is 0 Å². The molecule has 1 aromatic heterocycles. The fourth-order valence-electron chi connectivity index (χ4n) is 3.71. The third-order valence-electron chi connectivity index (χ3n) is 4.79. The number of anilines is 1. The van der Waals surface area contributed by atoms with Crippen molar-refractivity contribution < 1.29 is 13.2 Å². The van der Waals surface area contributed by atoms with Crippen LogP contribution in [0.4, 0.5) is 10.5 Å². The first-order valence-electron chi connectivity index (χ1n) is 8.30. The van der Waals surface area contributed by atoms with Crippen molar-refractivity contribution in [2.24, 2.45) is 0 Å². The second-order valence-electron chi connectivity index (χ2n) is 6.37. The Balaban J connectivity index is 0.00000196. The Labute approximate surface area is 194 Å². The fraction of sp³-hybridized carbons (Fsp3) is 0.353. The van der Waals surface area contributed by atoms with Crippen molar-refractivity contribution in [2.75, 3.05) is 5.32 Å². The summed E-state index contributed by atoms with van der Waals surface area (Å²) in [4.78, 5) is 19.6. The largest absolute Gasteiger partial charge is 0.333 e. The molecule has 131 valence electrons. The molecule has 0 atom stereocenters. The molecule has 1 aromatic carbocycles. The third kappa shape index (κ3) is 3.88. The van der Waals surface area contributed by atoms with Crippen molar-refractivity contribution in [3.05, 3.63) is 47.0 Å². The molecule has 1 radical (unpaired) electrons. The molecule has 2 amide bonds. The van der Waals surface area contributed by atoms with E-state index in [0.29, 0.717) is 0 Å². The van der Waals surface area contributed by atoms with Crippen LogP contribution >= 0.6 is 0 Å². The van der Waals surface area contributed by atoms with Crippen LogP contribution in [0, 0.1) is 0 Å². The van der Waals surface area contributed by atoms with E-state index in [1.54, 1.807) is 0 Å². The summed E-state index contributed by atoms with van der Waals surface area (Å²) in [5.41, 5.74) is 5.65. The maximum Gasteiger partial charge on any atom is 0.333 e. The minimum absolute atomic E-state index is 0. The standard InChI is InChI=1S/C17H18N4O3S.K/c22-17(21-25(23,24)13-8-18-10-19-9-13)20-16-14-5-1-3-11(14)7-12-4-2-6-15(12)16;/h7-10H,1-6H2,(H2,20,21,22);. The molecular weight excluding hydrogens is 379 g/mol. The van der Waals surface area contributed by atoms with Gasteiger partial charge < -0.3 is 5.32 Å². The minimum Gasteiger partial charge on any atom is -0.307 e. The van der Waals surface area contributed by atoms with Crippen molar-refractivity contribution in [1.82, 2.24) is 14.7 Å². The summed E-state index contributed by atoms with van der Waals surface area (Å²) in [5, 5.41) is 2.80. The number of carbonyl (C=O) groups is 1. The Morgan fingerprint density at radius 1 is 0.962 bits per heavy atom. The number of carbonyl (C=O) groups excluding carboxylic acids is 1. The average Bonchev–Trinajstić information content (AvgIpc) is 3.24. The molecule has 2 aromatic rings. The van der Waals surface area contributed by atoms with Gasteiger partial charge in [0.15, 0.2) is 0 Å². The van der Waals surface area contributed by atoms with Gasteiger partial charge in [-0.05, 0) is 60.8 Å². The molecule has 0 saturated heterocycles. The van der Waals surface area contributed by atoms with Crippen molar-refractivity contribution in [2.45, 2.75) is 43.4 Å². The first kappa shape index (κ1) is 19.9. The van der Waals surface area contributed by atoms with Crippen LogP contribution in [0.3, 0.4) is 0 Å². The molecule has 4 rings (SSSR count). The second-order valence-corrected chi connectivity index (χ2v) is 8.05. The van der Waals surface area contributed by atoms with Gasteiger partial charge in [-0.15, -0.1) is 0 Å². The Hall–Kier alpha value is -0.844. The maximum absolute atomic E-state index is 12.4. The van der Waals surface area contributed by atoms with Gasteiger partial charge in [-0.25, -0.2) is 27.9 Å². The summed E-state index contributed by atoms with van der Waals surface area (Å²) < 4.78 is 26.5. The number of fused-ring (bicyclic) bond motifs is 2. The van der Waals surface area contributed by atoms with Crippen LogP contribution in [-0.2, 0) is 35.7 Å². The zero-order chi connectivity index (χ0) is 17.4. The number of nitrogens with zero attached hydrogens (tertiary/aromatic N) is 2. The van der Waals surface area contributed by atoms with Crippen molar-refractivity contribution in [3.8, 4) is 0 Å². The Bertz CT molecular complexity index is 916. The number of hydrogen-bond donors (Lipinski definition) is 2. The number of urea groups is 1. The number of nitrogens with one attached hydrogen (secondary N) is 2. The molecule has 2 N–H and O–H groups in total. The van der Waals surface area contributed by atoms with E-state index in [1.807, 2.05) is 4.72 Å². The number of amides is 2. The fourth-order valence-corrected chi connectivity index (χ4v) is 4.52. The third-order valence-corrected chi connectivity index (χ3v) is 6.07. The summed E-state index contributed by atoms with van der Waals surface area (Å²) in [6, 6.07) is 1.50. The monoisotopic (exact) mass is 397 g/mol. The normalized spacial score (nSPS) is 14.9. The minimum atomic E-state index is -3.99. The molecule has 2 aliphatic carbocycles. The Morgan fingerprint density at radius 3 is 2.12 bits per heavy atom.